The van der Waals surface area contributed by atoms with Crippen molar-refractivity contribution in [3.63, 3.8) is 0 Å². The molecule has 0 saturated carbocycles. The summed E-state index contributed by atoms with van der Waals surface area (Å²) in [5.74, 6) is -0.550. The van der Waals surface area contributed by atoms with Crippen LogP contribution in [0.4, 0.5) is 0 Å². The Labute approximate surface area is 120 Å². The summed E-state index contributed by atoms with van der Waals surface area (Å²) in [6.45, 7) is 6.55. The Morgan fingerprint density at radius 1 is 0.900 bits per heavy atom. The number of carbonyl (C=O) groups is 2. The van der Waals surface area contributed by atoms with Crippen LogP contribution in [0, 0.1) is 0 Å². The summed E-state index contributed by atoms with van der Waals surface area (Å²) in [5, 5.41) is 0. The average Bonchev–Trinajstić information content (AvgIpc) is 2.29. The smallest absolute Gasteiger partial charge is 0.302 e. The third-order valence-corrected chi connectivity index (χ3v) is 2.87. The molecule has 110 valence electrons. The lowest BCUT2D eigenvalue weighted by atomic mass is 9.98. The van der Waals surface area contributed by atoms with Crippen molar-refractivity contribution in [3.05, 3.63) is 35.4 Å². The maximum absolute atomic E-state index is 10.9. The van der Waals surface area contributed by atoms with Crippen LogP contribution in [0.3, 0.4) is 0 Å². The Hall–Kier alpha value is -1.84. The number of rotatable bonds is 6. The van der Waals surface area contributed by atoms with Gasteiger partial charge in [-0.15, -0.1) is 0 Å². The molecular formula is C16H22O4. The number of esters is 2. The predicted molar refractivity (Wildman–Crippen MR) is 76.3 cm³/mol. The van der Waals surface area contributed by atoms with E-state index in [-0.39, 0.29) is 24.1 Å². The van der Waals surface area contributed by atoms with Gasteiger partial charge in [-0.25, -0.2) is 0 Å². The largest absolute Gasteiger partial charge is 0.463 e. The highest BCUT2D eigenvalue weighted by atomic mass is 16.5. The van der Waals surface area contributed by atoms with Gasteiger partial charge in [0.15, 0.2) is 0 Å². The van der Waals surface area contributed by atoms with Gasteiger partial charge in [0.05, 0.1) is 0 Å². The van der Waals surface area contributed by atoms with Gasteiger partial charge in [-0.1, -0.05) is 24.3 Å². The van der Waals surface area contributed by atoms with Gasteiger partial charge in [0.2, 0.25) is 0 Å². The molecule has 0 aliphatic rings. The van der Waals surface area contributed by atoms with Crippen molar-refractivity contribution in [1.82, 2.24) is 0 Å². The highest BCUT2D eigenvalue weighted by molar-refractivity contribution is 5.66. The van der Waals surface area contributed by atoms with E-state index in [4.69, 9.17) is 9.47 Å². The molecule has 1 rings (SSSR count). The molecule has 0 aliphatic carbocycles. The minimum Gasteiger partial charge on any atom is -0.463 e. The van der Waals surface area contributed by atoms with E-state index in [0.29, 0.717) is 12.8 Å². The molecule has 0 aromatic heterocycles. The molecule has 2 unspecified atom stereocenters. The van der Waals surface area contributed by atoms with Crippen LogP contribution in [0.1, 0.15) is 38.8 Å². The molecule has 0 bridgehead atoms. The molecule has 0 amide bonds. The first-order chi connectivity index (χ1) is 9.38. The molecule has 0 radical (unpaired) electrons. The van der Waals surface area contributed by atoms with E-state index >= 15 is 0 Å². The van der Waals surface area contributed by atoms with Gasteiger partial charge in [0.25, 0.3) is 0 Å². The van der Waals surface area contributed by atoms with Crippen molar-refractivity contribution in [2.45, 2.75) is 52.7 Å². The highest BCUT2D eigenvalue weighted by Gasteiger charge is 2.13. The lowest BCUT2D eigenvalue weighted by Gasteiger charge is -2.17. The molecule has 0 fully saturated rings. The van der Waals surface area contributed by atoms with Gasteiger partial charge in [-0.2, -0.15) is 0 Å². The third kappa shape index (κ3) is 5.87. The fourth-order valence-electron chi connectivity index (χ4n) is 2.23. The Morgan fingerprint density at radius 3 is 1.55 bits per heavy atom. The second-order valence-corrected chi connectivity index (χ2v) is 5.02. The number of benzene rings is 1. The zero-order valence-corrected chi connectivity index (χ0v) is 12.5. The van der Waals surface area contributed by atoms with Crippen molar-refractivity contribution in [2.24, 2.45) is 0 Å². The molecule has 0 aliphatic heterocycles. The van der Waals surface area contributed by atoms with Gasteiger partial charge in [-0.3, -0.25) is 9.59 Å². The minimum absolute atomic E-state index is 0.169. The summed E-state index contributed by atoms with van der Waals surface area (Å²) in [7, 11) is 0. The van der Waals surface area contributed by atoms with Gasteiger partial charge in [0, 0.05) is 26.7 Å². The highest BCUT2D eigenvalue weighted by Crippen LogP contribution is 2.16. The van der Waals surface area contributed by atoms with Crippen LogP contribution in [0.5, 0.6) is 0 Å². The van der Waals surface area contributed by atoms with Gasteiger partial charge < -0.3 is 9.47 Å². The summed E-state index contributed by atoms with van der Waals surface area (Å²) in [6.07, 6.45) is 0.973. The van der Waals surface area contributed by atoms with Crippen LogP contribution in [-0.4, -0.2) is 24.1 Å². The lowest BCUT2D eigenvalue weighted by Crippen LogP contribution is -2.19. The summed E-state index contributed by atoms with van der Waals surface area (Å²) in [5.41, 5.74) is 2.22. The fourth-order valence-corrected chi connectivity index (χ4v) is 2.23. The van der Waals surface area contributed by atoms with Gasteiger partial charge in [0.1, 0.15) is 12.2 Å². The van der Waals surface area contributed by atoms with Crippen molar-refractivity contribution in [2.75, 3.05) is 0 Å². The van der Waals surface area contributed by atoms with E-state index in [9.17, 15) is 9.59 Å². The van der Waals surface area contributed by atoms with Gasteiger partial charge in [-0.05, 0) is 25.0 Å². The molecule has 0 saturated heterocycles. The quantitative estimate of drug-likeness (QED) is 0.751. The van der Waals surface area contributed by atoms with Crippen LogP contribution in [0.15, 0.2) is 24.3 Å². The first-order valence-corrected chi connectivity index (χ1v) is 6.79. The molecule has 0 N–H and O–H groups in total. The average molecular weight is 278 g/mol. The van der Waals surface area contributed by atoms with Crippen molar-refractivity contribution in [1.29, 1.82) is 0 Å². The van der Waals surface area contributed by atoms with E-state index in [1.165, 1.54) is 13.8 Å². The Balaban J connectivity index is 2.72. The maximum Gasteiger partial charge on any atom is 0.302 e. The Bertz CT molecular complexity index is 424. The molecule has 4 heteroatoms. The fraction of sp³-hybridized carbons (Fsp3) is 0.500. The number of ether oxygens (including phenoxy) is 2. The predicted octanol–water partition coefficient (Wildman–Crippen LogP) is 2.67. The van der Waals surface area contributed by atoms with E-state index in [1.54, 1.807) is 0 Å². The van der Waals surface area contributed by atoms with Crippen LogP contribution in [0.25, 0.3) is 0 Å². The first kappa shape index (κ1) is 16.2. The minimum atomic E-state index is -0.275. The monoisotopic (exact) mass is 278 g/mol. The summed E-state index contributed by atoms with van der Waals surface area (Å²) in [4.78, 5) is 21.9. The van der Waals surface area contributed by atoms with Crippen molar-refractivity contribution in [3.8, 4) is 0 Å². The first-order valence-electron chi connectivity index (χ1n) is 6.79. The number of hydrogen-bond donors (Lipinski definition) is 0. The number of hydrogen-bond acceptors (Lipinski definition) is 4. The second kappa shape index (κ2) is 7.68. The zero-order valence-electron chi connectivity index (χ0n) is 12.5. The van der Waals surface area contributed by atoms with Crippen LogP contribution in [-0.2, 0) is 31.9 Å². The summed E-state index contributed by atoms with van der Waals surface area (Å²) >= 11 is 0. The summed E-state index contributed by atoms with van der Waals surface area (Å²) < 4.78 is 10.3. The number of carbonyl (C=O) groups excluding carboxylic acids is 2. The normalized spacial score (nSPS) is 13.4. The van der Waals surface area contributed by atoms with Crippen molar-refractivity contribution >= 4 is 11.9 Å². The van der Waals surface area contributed by atoms with E-state index < -0.39 is 0 Å². The molecule has 0 heterocycles. The Kier molecular flexibility index (Phi) is 6.22. The van der Waals surface area contributed by atoms with Gasteiger partial charge >= 0.3 is 11.9 Å². The second-order valence-electron chi connectivity index (χ2n) is 5.02. The lowest BCUT2D eigenvalue weighted by molar-refractivity contribution is -0.146. The Morgan fingerprint density at radius 2 is 1.25 bits per heavy atom. The molecule has 0 spiro atoms. The molecule has 1 aromatic carbocycles. The molecule has 4 nitrogen and oxygen atoms in total. The standard InChI is InChI=1S/C16H22O4/c1-11(19-13(3)17)9-15-7-5-6-8-16(15)10-12(2)20-14(4)18/h5-8,11-12H,9-10H2,1-4H3. The van der Waals surface area contributed by atoms with E-state index in [0.717, 1.165) is 11.1 Å². The molecule has 1 aromatic rings. The summed E-state index contributed by atoms with van der Waals surface area (Å²) in [6, 6.07) is 7.93. The third-order valence-electron chi connectivity index (χ3n) is 2.87. The molecular weight excluding hydrogens is 256 g/mol. The van der Waals surface area contributed by atoms with Crippen LogP contribution < -0.4 is 0 Å². The SMILES string of the molecule is CC(=O)OC(C)Cc1ccccc1CC(C)OC(C)=O. The molecule has 20 heavy (non-hydrogen) atoms. The van der Waals surface area contributed by atoms with Crippen LogP contribution >= 0.6 is 0 Å². The zero-order chi connectivity index (χ0) is 15.1. The topological polar surface area (TPSA) is 52.6 Å². The molecule has 2 atom stereocenters. The van der Waals surface area contributed by atoms with Crippen LogP contribution in [0.2, 0.25) is 0 Å². The van der Waals surface area contributed by atoms with E-state index in [1.807, 2.05) is 38.1 Å². The van der Waals surface area contributed by atoms with Crippen molar-refractivity contribution < 1.29 is 19.1 Å². The maximum atomic E-state index is 10.9. The van der Waals surface area contributed by atoms with E-state index in [2.05, 4.69) is 0 Å².